The molecule has 22 heavy (non-hydrogen) atoms. The summed E-state index contributed by atoms with van der Waals surface area (Å²) in [5.41, 5.74) is 6.96. The van der Waals surface area contributed by atoms with Gasteiger partial charge in [0, 0.05) is 11.8 Å². The molecule has 1 aliphatic rings. The highest BCUT2D eigenvalue weighted by Gasteiger charge is 2.17. The van der Waals surface area contributed by atoms with E-state index in [1.807, 2.05) is 18.2 Å². The number of phenolic OH excluding ortho intramolecular Hbond substituents is 1. The topological polar surface area (TPSA) is 32.6 Å². The molecule has 106 valence electrons. The van der Waals surface area contributed by atoms with Crippen LogP contribution in [-0.4, -0.2) is 11.3 Å². The number of aliphatic imine (C=N–C) groups is 1. The van der Waals surface area contributed by atoms with Crippen molar-refractivity contribution in [1.82, 2.24) is 0 Å². The molecule has 3 aromatic rings. The molecule has 0 aromatic heterocycles. The fourth-order valence-corrected chi connectivity index (χ4v) is 2.95. The van der Waals surface area contributed by atoms with Crippen LogP contribution in [0.5, 0.6) is 5.75 Å². The highest BCUT2D eigenvalue weighted by atomic mass is 16.3. The summed E-state index contributed by atoms with van der Waals surface area (Å²) in [6.45, 7) is 0. The Kier molecular flexibility index (Phi) is 3.01. The summed E-state index contributed by atoms with van der Waals surface area (Å²) in [4.78, 5) is 4.49. The number of nitrogens with zero attached hydrogens (tertiary/aromatic N) is 1. The van der Waals surface area contributed by atoms with Crippen molar-refractivity contribution in [3.05, 3.63) is 83.4 Å². The van der Waals surface area contributed by atoms with Gasteiger partial charge in [0.1, 0.15) is 5.75 Å². The predicted octanol–water partition coefficient (Wildman–Crippen LogP) is 4.71. The smallest absolute Gasteiger partial charge is 0.124 e. The van der Waals surface area contributed by atoms with E-state index in [9.17, 15) is 5.11 Å². The molecular weight excluding hydrogens is 270 g/mol. The van der Waals surface area contributed by atoms with Crippen molar-refractivity contribution in [1.29, 1.82) is 0 Å². The molecule has 0 heterocycles. The number of benzene rings is 3. The van der Waals surface area contributed by atoms with Gasteiger partial charge in [0.15, 0.2) is 0 Å². The molecule has 2 heteroatoms. The van der Waals surface area contributed by atoms with Crippen molar-refractivity contribution in [2.75, 3.05) is 0 Å². The highest BCUT2D eigenvalue weighted by molar-refractivity contribution is 5.86. The third kappa shape index (κ3) is 2.19. The zero-order valence-corrected chi connectivity index (χ0v) is 12.0. The minimum Gasteiger partial charge on any atom is -0.507 e. The van der Waals surface area contributed by atoms with Crippen LogP contribution in [0.2, 0.25) is 0 Å². The van der Waals surface area contributed by atoms with E-state index >= 15 is 0 Å². The normalized spacial score (nSPS) is 12.4. The molecule has 0 bridgehead atoms. The maximum absolute atomic E-state index is 9.77. The lowest BCUT2D eigenvalue weighted by atomic mass is 10.1. The Balaban J connectivity index is 1.67. The number of rotatable bonds is 2. The Bertz CT molecular complexity index is 880. The van der Waals surface area contributed by atoms with Crippen LogP contribution in [-0.2, 0) is 6.42 Å². The van der Waals surface area contributed by atoms with Gasteiger partial charge in [0.05, 0.1) is 5.69 Å². The van der Waals surface area contributed by atoms with Crippen LogP contribution in [0.3, 0.4) is 0 Å². The van der Waals surface area contributed by atoms with Crippen LogP contribution in [0.15, 0.2) is 71.7 Å². The van der Waals surface area contributed by atoms with Gasteiger partial charge in [-0.15, -0.1) is 0 Å². The van der Waals surface area contributed by atoms with Gasteiger partial charge >= 0.3 is 0 Å². The van der Waals surface area contributed by atoms with Crippen LogP contribution < -0.4 is 0 Å². The maximum atomic E-state index is 9.77. The molecule has 0 unspecified atom stereocenters. The average molecular weight is 285 g/mol. The van der Waals surface area contributed by atoms with Gasteiger partial charge in [0.25, 0.3) is 0 Å². The largest absolute Gasteiger partial charge is 0.507 e. The first-order valence-electron chi connectivity index (χ1n) is 7.34. The van der Waals surface area contributed by atoms with E-state index in [4.69, 9.17) is 0 Å². The molecule has 0 fully saturated rings. The molecule has 0 amide bonds. The first-order valence-corrected chi connectivity index (χ1v) is 7.34. The number of hydrogen-bond donors (Lipinski definition) is 1. The second-order valence-corrected chi connectivity index (χ2v) is 5.49. The summed E-state index contributed by atoms with van der Waals surface area (Å²) >= 11 is 0. The number of hydrogen-bond acceptors (Lipinski definition) is 2. The van der Waals surface area contributed by atoms with Crippen LogP contribution in [0.1, 0.15) is 16.7 Å². The van der Waals surface area contributed by atoms with Gasteiger partial charge in [-0.3, -0.25) is 4.99 Å². The first-order chi connectivity index (χ1) is 10.8. The average Bonchev–Trinajstić information content (AvgIpc) is 2.92. The van der Waals surface area contributed by atoms with E-state index in [1.54, 1.807) is 18.3 Å². The van der Waals surface area contributed by atoms with Crippen LogP contribution in [0.4, 0.5) is 5.69 Å². The summed E-state index contributed by atoms with van der Waals surface area (Å²) in [6.07, 6.45) is 2.67. The third-order valence-electron chi connectivity index (χ3n) is 4.07. The van der Waals surface area contributed by atoms with Crippen molar-refractivity contribution in [3.63, 3.8) is 0 Å². The Hall–Kier alpha value is -2.87. The molecule has 0 saturated heterocycles. The van der Waals surface area contributed by atoms with Crippen molar-refractivity contribution in [2.45, 2.75) is 6.42 Å². The third-order valence-corrected chi connectivity index (χ3v) is 4.07. The van der Waals surface area contributed by atoms with Crippen molar-refractivity contribution in [2.24, 2.45) is 4.99 Å². The summed E-state index contributed by atoms with van der Waals surface area (Å²) in [5.74, 6) is 0.250. The second kappa shape index (κ2) is 5.15. The number of phenols is 1. The van der Waals surface area contributed by atoms with E-state index in [2.05, 4.69) is 41.4 Å². The Morgan fingerprint density at radius 3 is 2.50 bits per heavy atom. The highest BCUT2D eigenvalue weighted by Crippen LogP contribution is 2.38. The molecule has 1 aliphatic carbocycles. The zero-order valence-electron chi connectivity index (χ0n) is 12.0. The standard InChI is InChI=1S/C20H15NO/c22-20-8-4-2-6-15(20)13-21-17-9-10-19-16(12-17)11-14-5-1-3-7-18(14)19/h1-10,12-13,22H,11H2. The fourth-order valence-electron chi connectivity index (χ4n) is 2.95. The zero-order chi connectivity index (χ0) is 14.9. The van der Waals surface area contributed by atoms with Gasteiger partial charge in [-0.1, -0.05) is 42.5 Å². The van der Waals surface area contributed by atoms with Gasteiger partial charge in [-0.25, -0.2) is 0 Å². The SMILES string of the molecule is Oc1ccccc1C=Nc1ccc2c(c1)Cc1ccccc1-2. The minimum atomic E-state index is 0.250. The van der Waals surface area contributed by atoms with E-state index in [0.717, 1.165) is 17.7 Å². The van der Waals surface area contributed by atoms with Gasteiger partial charge in [-0.2, -0.15) is 0 Å². The predicted molar refractivity (Wildman–Crippen MR) is 90.0 cm³/mol. The molecule has 3 aromatic carbocycles. The van der Waals surface area contributed by atoms with Crippen LogP contribution >= 0.6 is 0 Å². The van der Waals surface area contributed by atoms with E-state index < -0.39 is 0 Å². The number of fused-ring (bicyclic) bond motifs is 3. The molecule has 0 aliphatic heterocycles. The van der Waals surface area contributed by atoms with Gasteiger partial charge in [0.2, 0.25) is 0 Å². The monoisotopic (exact) mass is 285 g/mol. The summed E-state index contributed by atoms with van der Waals surface area (Å²) in [7, 11) is 0. The van der Waals surface area contributed by atoms with Crippen molar-refractivity contribution < 1.29 is 5.11 Å². The van der Waals surface area contributed by atoms with Crippen molar-refractivity contribution >= 4 is 11.9 Å². The molecule has 4 rings (SSSR count). The second-order valence-electron chi connectivity index (χ2n) is 5.49. The Morgan fingerprint density at radius 1 is 0.818 bits per heavy atom. The fraction of sp³-hybridized carbons (Fsp3) is 0.0500. The Morgan fingerprint density at radius 2 is 1.59 bits per heavy atom. The molecule has 1 N–H and O–H groups in total. The molecule has 0 saturated carbocycles. The van der Waals surface area contributed by atoms with Gasteiger partial charge < -0.3 is 5.11 Å². The lowest BCUT2D eigenvalue weighted by Crippen LogP contribution is -1.82. The van der Waals surface area contributed by atoms with Crippen LogP contribution in [0.25, 0.3) is 11.1 Å². The van der Waals surface area contributed by atoms with Crippen LogP contribution in [0, 0.1) is 0 Å². The summed E-state index contributed by atoms with van der Waals surface area (Å²) in [5, 5.41) is 9.77. The first kappa shape index (κ1) is 12.8. The summed E-state index contributed by atoms with van der Waals surface area (Å²) in [6, 6.07) is 22.0. The maximum Gasteiger partial charge on any atom is 0.124 e. The van der Waals surface area contributed by atoms with Crippen molar-refractivity contribution in [3.8, 4) is 16.9 Å². The summed E-state index contributed by atoms with van der Waals surface area (Å²) < 4.78 is 0. The number of para-hydroxylation sites is 1. The quantitative estimate of drug-likeness (QED) is 0.531. The minimum absolute atomic E-state index is 0.250. The molecule has 0 spiro atoms. The van der Waals surface area contributed by atoms with E-state index in [1.165, 1.54) is 22.3 Å². The molecule has 0 atom stereocenters. The van der Waals surface area contributed by atoms with E-state index in [0.29, 0.717) is 0 Å². The number of aromatic hydroxyl groups is 1. The Labute approximate surface area is 129 Å². The molecule has 2 nitrogen and oxygen atoms in total. The lowest BCUT2D eigenvalue weighted by Gasteiger charge is -2.02. The molecule has 0 radical (unpaired) electrons. The van der Waals surface area contributed by atoms with Gasteiger partial charge in [-0.05, 0) is 52.9 Å². The lowest BCUT2D eigenvalue weighted by molar-refractivity contribution is 0.474. The van der Waals surface area contributed by atoms with E-state index in [-0.39, 0.29) is 5.75 Å². The molecular formula is C20H15NO.